The van der Waals surface area contributed by atoms with Crippen LogP contribution in [0.4, 0.5) is 0 Å². The molecule has 0 heterocycles. The zero-order valence-corrected chi connectivity index (χ0v) is 15.2. The van der Waals surface area contributed by atoms with Crippen LogP contribution in [0.15, 0.2) is 18.7 Å². The number of carbonyl (C=O) groups is 1. The fourth-order valence-electron chi connectivity index (χ4n) is 2.11. The van der Waals surface area contributed by atoms with E-state index in [1.807, 2.05) is 0 Å². The number of halogens is 3. The lowest BCUT2D eigenvalue weighted by atomic mass is 9.94. The molecular formula is C15H16Cl3NO5. The Morgan fingerprint density at radius 2 is 2.08 bits per heavy atom. The summed E-state index contributed by atoms with van der Waals surface area (Å²) < 4.78 is 10.4. The van der Waals surface area contributed by atoms with Gasteiger partial charge in [0.25, 0.3) is 0 Å². The first-order valence-corrected chi connectivity index (χ1v) is 8.13. The van der Waals surface area contributed by atoms with Crippen LogP contribution in [0.3, 0.4) is 0 Å². The van der Waals surface area contributed by atoms with Gasteiger partial charge in [0.15, 0.2) is 0 Å². The number of hydrogen-bond donors (Lipinski definition) is 0. The molecule has 1 atom stereocenters. The highest BCUT2D eigenvalue weighted by molar-refractivity contribution is 6.44. The number of benzene rings is 1. The summed E-state index contributed by atoms with van der Waals surface area (Å²) in [6.45, 7) is 4.88. The maximum Gasteiger partial charge on any atom is 0.306 e. The summed E-state index contributed by atoms with van der Waals surface area (Å²) >= 11 is 18.4. The van der Waals surface area contributed by atoms with Gasteiger partial charge in [-0.3, -0.25) is 14.9 Å². The second-order valence-electron chi connectivity index (χ2n) is 4.72. The lowest BCUT2D eigenvalue weighted by Crippen LogP contribution is -2.19. The molecule has 1 unspecified atom stereocenters. The number of ether oxygens (including phenoxy) is 2. The average molecular weight is 397 g/mol. The number of nitro groups is 1. The van der Waals surface area contributed by atoms with E-state index in [2.05, 4.69) is 6.58 Å². The molecule has 132 valence electrons. The fraction of sp³-hybridized carbons (Fsp3) is 0.400. The molecule has 0 aliphatic rings. The molecular weight excluding hydrogens is 381 g/mol. The van der Waals surface area contributed by atoms with E-state index in [0.29, 0.717) is 0 Å². The van der Waals surface area contributed by atoms with Gasteiger partial charge in [-0.05, 0) is 13.0 Å². The molecule has 0 fully saturated rings. The Balaban J connectivity index is 3.39. The van der Waals surface area contributed by atoms with Gasteiger partial charge in [-0.25, -0.2) is 0 Å². The van der Waals surface area contributed by atoms with Crippen molar-refractivity contribution in [3.8, 4) is 5.75 Å². The smallest absolute Gasteiger partial charge is 0.306 e. The van der Waals surface area contributed by atoms with E-state index in [4.69, 9.17) is 44.3 Å². The number of esters is 1. The van der Waals surface area contributed by atoms with Crippen LogP contribution >= 0.6 is 34.8 Å². The van der Waals surface area contributed by atoms with Gasteiger partial charge in [-0.2, -0.15) is 0 Å². The second kappa shape index (κ2) is 9.71. The quantitative estimate of drug-likeness (QED) is 0.201. The van der Waals surface area contributed by atoms with E-state index in [1.165, 1.54) is 12.1 Å². The van der Waals surface area contributed by atoms with Gasteiger partial charge in [-0.1, -0.05) is 47.5 Å². The van der Waals surface area contributed by atoms with Crippen molar-refractivity contribution in [2.75, 3.05) is 19.8 Å². The molecule has 24 heavy (non-hydrogen) atoms. The molecule has 0 aliphatic carbocycles. The molecule has 0 bridgehead atoms. The summed E-state index contributed by atoms with van der Waals surface area (Å²) in [5.74, 6) is -1.35. The van der Waals surface area contributed by atoms with Crippen molar-refractivity contribution in [1.29, 1.82) is 0 Å². The van der Waals surface area contributed by atoms with Gasteiger partial charge in [0.1, 0.15) is 12.4 Å². The minimum atomic E-state index is -0.900. The van der Waals surface area contributed by atoms with Crippen LogP contribution in [-0.2, 0) is 9.53 Å². The summed E-state index contributed by atoms with van der Waals surface area (Å²) in [6.07, 6.45) is 1.23. The van der Waals surface area contributed by atoms with Crippen LogP contribution < -0.4 is 4.74 Å². The van der Waals surface area contributed by atoms with Crippen LogP contribution in [0.25, 0.3) is 0 Å². The van der Waals surface area contributed by atoms with Crippen molar-refractivity contribution in [2.24, 2.45) is 0 Å². The zero-order valence-electron chi connectivity index (χ0n) is 12.9. The highest BCUT2D eigenvalue weighted by atomic mass is 35.5. The molecule has 0 N–H and O–H groups in total. The third-order valence-corrected chi connectivity index (χ3v) is 4.09. The Hall–Kier alpha value is -1.50. The molecule has 0 radical (unpaired) electrons. The summed E-state index contributed by atoms with van der Waals surface area (Å²) in [5.41, 5.74) is 0.209. The molecule has 1 rings (SSSR count). The van der Waals surface area contributed by atoms with Crippen LogP contribution in [0, 0.1) is 10.1 Å². The van der Waals surface area contributed by atoms with Crippen LogP contribution in [0.1, 0.15) is 24.8 Å². The summed E-state index contributed by atoms with van der Waals surface area (Å²) in [7, 11) is 0. The third kappa shape index (κ3) is 5.54. The highest BCUT2D eigenvalue weighted by Crippen LogP contribution is 2.44. The van der Waals surface area contributed by atoms with Gasteiger partial charge in [0.2, 0.25) is 6.54 Å². The molecule has 9 heteroatoms. The van der Waals surface area contributed by atoms with E-state index < -0.39 is 23.4 Å². The Morgan fingerprint density at radius 3 is 2.62 bits per heavy atom. The molecule has 0 aliphatic heterocycles. The Bertz CT molecular complexity index is 636. The Kier molecular flexibility index (Phi) is 8.31. The Labute approximate surface area is 154 Å². The maximum absolute atomic E-state index is 11.8. The molecule has 0 saturated heterocycles. The topological polar surface area (TPSA) is 78.7 Å². The lowest BCUT2D eigenvalue weighted by molar-refractivity contribution is -0.483. The van der Waals surface area contributed by atoms with Crippen LogP contribution in [0.2, 0.25) is 15.1 Å². The summed E-state index contributed by atoms with van der Waals surface area (Å²) in [6, 6.07) is 1.38. The largest absolute Gasteiger partial charge is 0.488 e. The average Bonchev–Trinajstić information content (AvgIpc) is 2.48. The highest BCUT2D eigenvalue weighted by Gasteiger charge is 2.30. The number of rotatable bonds is 9. The van der Waals surface area contributed by atoms with E-state index in [-0.39, 0.29) is 46.0 Å². The minimum absolute atomic E-state index is 0.0521. The number of nitrogens with zero attached hydrogens (tertiary/aromatic N) is 1. The van der Waals surface area contributed by atoms with Crippen molar-refractivity contribution in [3.05, 3.63) is 49.5 Å². The molecule has 1 aromatic carbocycles. The zero-order chi connectivity index (χ0) is 18.3. The first-order valence-electron chi connectivity index (χ1n) is 7.00. The van der Waals surface area contributed by atoms with Crippen LogP contribution in [0.5, 0.6) is 5.75 Å². The predicted molar refractivity (Wildman–Crippen MR) is 93.0 cm³/mol. The molecule has 0 saturated carbocycles. The van der Waals surface area contributed by atoms with E-state index in [9.17, 15) is 14.9 Å². The second-order valence-corrected chi connectivity index (χ2v) is 5.91. The van der Waals surface area contributed by atoms with E-state index in [1.54, 1.807) is 6.92 Å². The first-order chi connectivity index (χ1) is 11.3. The monoisotopic (exact) mass is 395 g/mol. The first kappa shape index (κ1) is 20.5. The molecule has 0 amide bonds. The number of carbonyl (C=O) groups excluding carboxylic acids is 1. The van der Waals surface area contributed by atoms with Gasteiger partial charge < -0.3 is 9.47 Å². The van der Waals surface area contributed by atoms with Gasteiger partial charge in [0.05, 0.1) is 34.0 Å². The fourth-order valence-corrected chi connectivity index (χ4v) is 2.94. The van der Waals surface area contributed by atoms with Gasteiger partial charge in [0, 0.05) is 10.5 Å². The maximum atomic E-state index is 11.8. The van der Waals surface area contributed by atoms with Gasteiger partial charge in [-0.15, -0.1) is 0 Å². The predicted octanol–water partition coefficient (Wildman–Crippen LogP) is 4.53. The third-order valence-electron chi connectivity index (χ3n) is 3.00. The lowest BCUT2D eigenvalue weighted by Gasteiger charge is -2.20. The number of hydrogen-bond acceptors (Lipinski definition) is 5. The van der Waals surface area contributed by atoms with Crippen LogP contribution in [-0.4, -0.2) is 30.7 Å². The molecule has 0 spiro atoms. The Morgan fingerprint density at radius 1 is 1.42 bits per heavy atom. The van der Waals surface area contributed by atoms with Crippen molar-refractivity contribution in [2.45, 2.75) is 19.3 Å². The van der Waals surface area contributed by atoms with Gasteiger partial charge >= 0.3 is 5.97 Å². The molecule has 6 nitrogen and oxygen atoms in total. The van der Waals surface area contributed by atoms with Crippen molar-refractivity contribution < 1.29 is 19.2 Å². The van der Waals surface area contributed by atoms with E-state index in [0.717, 1.165) is 0 Å². The molecule has 0 aromatic heterocycles. The van der Waals surface area contributed by atoms with Crippen molar-refractivity contribution in [1.82, 2.24) is 0 Å². The van der Waals surface area contributed by atoms with Crippen molar-refractivity contribution >= 4 is 40.8 Å². The van der Waals surface area contributed by atoms with Crippen molar-refractivity contribution in [3.63, 3.8) is 0 Å². The normalized spacial score (nSPS) is 11.7. The minimum Gasteiger partial charge on any atom is -0.488 e. The molecule has 1 aromatic rings. The SMILES string of the molecule is C=CCOc1c(Cl)cc(Cl)c(Cl)c1C(CC(=O)OCC)C[N+](=O)[O-]. The van der Waals surface area contributed by atoms with E-state index >= 15 is 0 Å². The summed E-state index contributed by atoms with van der Waals surface area (Å²) in [5, 5.41) is 11.3. The standard InChI is InChI=1S/C15H16Cl3NO5/c1-3-5-24-15-11(17)7-10(16)14(18)13(15)9(8-19(21)22)6-12(20)23-4-2/h3,7,9H,1,4-6,8H2,2H3. The summed E-state index contributed by atoms with van der Waals surface area (Å²) in [4.78, 5) is 22.3.